The molecule has 6 heteroatoms. The maximum Gasteiger partial charge on any atom is 0.317 e. The summed E-state index contributed by atoms with van der Waals surface area (Å²) >= 11 is 7.64. The molecule has 2 aromatic rings. The minimum Gasteiger partial charge on any atom is -0.371 e. The van der Waals surface area contributed by atoms with Gasteiger partial charge in [0.1, 0.15) is 0 Å². The first kappa shape index (κ1) is 18.1. The van der Waals surface area contributed by atoms with E-state index < -0.39 is 0 Å². The smallest absolute Gasteiger partial charge is 0.317 e. The van der Waals surface area contributed by atoms with Gasteiger partial charge in [0.15, 0.2) is 0 Å². The van der Waals surface area contributed by atoms with Crippen molar-refractivity contribution in [2.45, 2.75) is 19.9 Å². The highest BCUT2D eigenvalue weighted by atomic mass is 35.5. The monoisotopic (exact) mass is 377 g/mol. The van der Waals surface area contributed by atoms with Crippen LogP contribution < -0.4 is 10.2 Å². The molecule has 1 aliphatic rings. The van der Waals surface area contributed by atoms with Crippen LogP contribution in [-0.4, -0.2) is 37.1 Å². The summed E-state index contributed by atoms with van der Waals surface area (Å²) in [6.45, 7) is 6.13. The normalized spacial score (nSPS) is 16.9. The van der Waals surface area contributed by atoms with Crippen molar-refractivity contribution in [3.8, 4) is 0 Å². The lowest BCUT2D eigenvalue weighted by molar-refractivity contribution is 0.197. The summed E-state index contributed by atoms with van der Waals surface area (Å²) in [5.41, 5.74) is 1.20. The maximum absolute atomic E-state index is 12.4. The molecule has 0 aliphatic carbocycles. The third kappa shape index (κ3) is 4.89. The number of thiophene rings is 1. The van der Waals surface area contributed by atoms with Crippen LogP contribution in [0.1, 0.15) is 18.2 Å². The van der Waals surface area contributed by atoms with Gasteiger partial charge in [0, 0.05) is 41.8 Å². The molecular formula is C19H24ClN3OS. The standard InChI is InChI=1S/C19H24ClN3OS/c1-2-22(14-18-4-3-11-25-18)19(24)21-12-15-9-10-23(13-15)17-7-5-16(20)6-8-17/h3-8,11,15H,2,9-10,12-14H2,1H3,(H,21,24). The first-order valence-electron chi connectivity index (χ1n) is 8.71. The Balaban J connectivity index is 1.46. The van der Waals surface area contributed by atoms with Gasteiger partial charge in [-0.05, 0) is 55.0 Å². The van der Waals surface area contributed by atoms with Crippen molar-refractivity contribution in [3.63, 3.8) is 0 Å². The van der Waals surface area contributed by atoms with Crippen LogP contribution in [-0.2, 0) is 6.54 Å². The summed E-state index contributed by atoms with van der Waals surface area (Å²) in [7, 11) is 0. The highest BCUT2D eigenvalue weighted by Crippen LogP contribution is 2.24. The Morgan fingerprint density at radius 3 is 2.84 bits per heavy atom. The van der Waals surface area contributed by atoms with Gasteiger partial charge in [-0.1, -0.05) is 17.7 Å². The lowest BCUT2D eigenvalue weighted by Crippen LogP contribution is -2.41. The number of hydrogen-bond acceptors (Lipinski definition) is 3. The molecule has 1 unspecified atom stereocenters. The number of nitrogens with one attached hydrogen (secondary N) is 1. The van der Waals surface area contributed by atoms with Crippen molar-refractivity contribution in [2.75, 3.05) is 31.1 Å². The van der Waals surface area contributed by atoms with Gasteiger partial charge < -0.3 is 15.1 Å². The number of carbonyl (C=O) groups excluding carboxylic acids is 1. The molecular weight excluding hydrogens is 354 g/mol. The zero-order valence-corrected chi connectivity index (χ0v) is 16.0. The Hall–Kier alpha value is -1.72. The molecule has 0 saturated carbocycles. The number of nitrogens with zero attached hydrogens (tertiary/aromatic N) is 2. The Kier molecular flexibility index (Phi) is 6.21. The first-order valence-corrected chi connectivity index (χ1v) is 9.97. The first-order chi connectivity index (χ1) is 12.2. The summed E-state index contributed by atoms with van der Waals surface area (Å²) in [5, 5.41) is 5.92. The topological polar surface area (TPSA) is 35.6 Å². The predicted molar refractivity (Wildman–Crippen MR) is 106 cm³/mol. The van der Waals surface area contributed by atoms with Gasteiger partial charge in [-0.2, -0.15) is 0 Å². The average molecular weight is 378 g/mol. The van der Waals surface area contributed by atoms with Crippen molar-refractivity contribution in [2.24, 2.45) is 5.92 Å². The van der Waals surface area contributed by atoms with Crippen molar-refractivity contribution in [1.82, 2.24) is 10.2 Å². The number of anilines is 1. The van der Waals surface area contributed by atoms with E-state index in [1.54, 1.807) is 11.3 Å². The molecule has 1 atom stereocenters. The molecule has 2 amide bonds. The molecule has 0 spiro atoms. The van der Waals surface area contributed by atoms with Crippen LogP contribution in [0.3, 0.4) is 0 Å². The lowest BCUT2D eigenvalue weighted by Gasteiger charge is -2.22. The molecule has 2 heterocycles. The Labute approximate surface area is 158 Å². The fraction of sp³-hybridized carbons (Fsp3) is 0.421. The summed E-state index contributed by atoms with van der Waals surface area (Å²) in [6, 6.07) is 12.1. The van der Waals surface area contributed by atoms with Crippen molar-refractivity contribution in [1.29, 1.82) is 0 Å². The van der Waals surface area contributed by atoms with Gasteiger partial charge in [0.05, 0.1) is 6.54 Å². The van der Waals surface area contributed by atoms with E-state index in [0.717, 1.165) is 31.1 Å². The van der Waals surface area contributed by atoms with Gasteiger partial charge in [0.2, 0.25) is 0 Å². The summed E-state index contributed by atoms with van der Waals surface area (Å²) < 4.78 is 0. The van der Waals surface area contributed by atoms with Crippen molar-refractivity contribution in [3.05, 3.63) is 51.7 Å². The van der Waals surface area contributed by atoms with Gasteiger partial charge in [-0.3, -0.25) is 0 Å². The molecule has 1 fully saturated rings. The molecule has 0 radical (unpaired) electrons. The van der Waals surface area contributed by atoms with Crippen LogP contribution in [0.5, 0.6) is 0 Å². The van der Waals surface area contributed by atoms with Crippen molar-refractivity contribution < 1.29 is 4.79 Å². The second-order valence-corrected chi connectivity index (χ2v) is 7.83. The Morgan fingerprint density at radius 2 is 2.16 bits per heavy atom. The molecule has 4 nitrogen and oxygen atoms in total. The highest BCUT2D eigenvalue weighted by Gasteiger charge is 2.24. The summed E-state index contributed by atoms with van der Waals surface area (Å²) in [5.74, 6) is 0.486. The third-order valence-corrected chi connectivity index (χ3v) is 5.73. The van der Waals surface area contributed by atoms with Gasteiger partial charge in [-0.15, -0.1) is 11.3 Å². The average Bonchev–Trinajstić information content (AvgIpc) is 3.30. The van der Waals surface area contributed by atoms with E-state index in [0.29, 0.717) is 19.0 Å². The fourth-order valence-corrected chi connectivity index (χ4v) is 3.99. The Morgan fingerprint density at radius 1 is 1.36 bits per heavy atom. The molecule has 1 aromatic carbocycles. The quantitative estimate of drug-likeness (QED) is 0.806. The van der Waals surface area contributed by atoms with E-state index in [9.17, 15) is 4.79 Å². The summed E-state index contributed by atoms with van der Waals surface area (Å²) in [6.07, 6.45) is 1.10. The molecule has 3 rings (SSSR count). The van der Waals surface area contributed by atoms with E-state index in [4.69, 9.17) is 11.6 Å². The van der Waals surface area contributed by atoms with E-state index in [1.165, 1.54) is 10.6 Å². The fourth-order valence-electron chi connectivity index (χ4n) is 3.15. The number of carbonyl (C=O) groups is 1. The van der Waals surface area contributed by atoms with E-state index in [-0.39, 0.29) is 6.03 Å². The minimum absolute atomic E-state index is 0.0286. The number of halogens is 1. The number of benzene rings is 1. The zero-order valence-electron chi connectivity index (χ0n) is 14.5. The number of rotatable bonds is 6. The van der Waals surface area contributed by atoms with Crippen molar-refractivity contribution >= 4 is 34.7 Å². The Bertz CT molecular complexity index is 674. The largest absolute Gasteiger partial charge is 0.371 e. The van der Waals surface area contributed by atoms with Crippen LogP contribution in [0.2, 0.25) is 5.02 Å². The van der Waals surface area contributed by atoms with Crippen LogP contribution in [0.15, 0.2) is 41.8 Å². The zero-order chi connectivity index (χ0) is 17.6. The second-order valence-electron chi connectivity index (χ2n) is 6.36. The van der Waals surface area contributed by atoms with E-state index in [2.05, 4.69) is 28.4 Å². The summed E-state index contributed by atoms with van der Waals surface area (Å²) in [4.78, 5) is 17.9. The van der Waals surface area contributed by atoms with Crippen LogP contribution >= 0.6 is 22.9 Å². The number of urea groups is 1. The SMILES string of the molecule is CCN(Cc1cccs1)C(=O)NCC1CCN(c2ccc(Cl)cc2)C1. The molecule has 1 saturated heterocycles. The molecule has 25 heavy (non-hydrogen) atoms. The number of hydrogen-bond donors (Lipinski definition) is 1. The van der Waals surface area contributed by atoms with Crippen LogP contribution in [0, 0.1) is 5.92 Å². The maximum atomic E-state index is 12.4. The molecule has 1 N–H and O–H groups in total. The van der Waals surface area contributed by atoms with E-state index in [1.807, 2.05) is 35.4 Å². The second kappa shape index (κ2) is 8.59. The van der Waals surface area contributed by atoms with Crippen LogP contribution in [0.25, 0.3) is 0 Å². The third-order valence-electron chi connectivity index (χ3n) is 4.62. The van der Waals surface area contributed by atoms with Gasteiger partial charge in [0.25, 0.3) is 0 Å². The van der Waals surface area contributed by atoms with Gasteiger partial charge >= 0.3 is 6.03 Å². The molecule has 0 bridgehead atoms. The minimum atomic E-state index is 0.0286. The molecule has 1 aliphatic heterocycles. The molecule has 1 aromatic heterocycles. The molecule has 134 valence electrons. The van der Waals surface area contributed by atoms with Crippen LogP contribution in [0.4, 0.5) is 10.5 Å². The van der Waals surface area contributed by atoms with Gasteiger partial charge in [-0.25, -0.2) is 4.79 Å². The predicted octanol–water partition coefficient (Wildman–Crippen LogP) is 4.46. The van der Waals surface area contributed by atoms with E-state index >= 15 is 0 Å². The lowest BCUT2D eigenvalue weighted by atomic mass is 10.1. The highest BCUT2D eigenvalue weighted by molar-refractivity contribution is 7.09. The number of amides is 2.